The molecule has 1 amide bonds. The van der Waals surface area contributed by atoms with Gasteiger partial charge in [-0.05, 0) is 30.0 Å². The van der Waals surface area contributed by atoms with Crippen LogP contribution in [0.2, 0.25) is 0 Å². The molecule has 0 radical (unpaired) electrons. The third kappa shape index (κ3) is 5.07. The normalized spacial score (nSPS) is 12.0. The molecule has 0 saturated carbocycles. The first-order chi connectivity index (χ1) is 13.2. The number of rotatable bonds is 7. The summed E-state index contributed by atoms with van der Waals surface area (Å²) < 4.78 is 0. The molecule has 3 aromatic carbocycles. The minimum Gasteiger partial charge on any atom is -0.349 e. The monoisotopic (exact) mass is 357 g/mol. The smallest absolute Gasteiger partial charge is 0.221 e. The molecule has 3 aromatic rings. The molecule has 0 saturated heterocycles. The van der Waals surface area contributed by atoms with Gasteiger partial charge in [-0.1, -0.05) is 97.4 Å². The predicted molar refractivity (Wildman–Crippen MR) is 112 cm³/mol. The zero-order valence-corrected chi connectivity index (χ0v) is 16.1. The number of benzene rings is 3. The Morgan fingerprint density at radius 3 is 1.78 bits per heavy atom. The maximum atomic E-state index is 12.9. The first-order valence-corrected chi connectivity index (χ1v) is 9.63. The van der Waals surface area contributed by atoms with E-state index in [-0.39, 0.29) is 17.9 Å². The molecule has 1 N–H and O–H groups in total. The maximum Gasteiger partial charge on any atom is 0.221 e. The molecule has 0 aliphatic heterocycles. The summed E-state index contributed by atoms with van der Waals surface area (Å²) in [6, 6.07) is 29.0. The number of carbonyl (C=O) groups excluding carboxylic acids is 1. The van der Waals surface area contributed by atoms with Crippen molar-refractivity contribution in [2.45, 2.75) is 38.6 Å². The van der Waals surface area contributed by atoms with E-state index in [4.69, 9.17) is 0 Å². The molecule has 2 nitrogen and oxygen atoms in total. The molecule has 0 aliphatic carbocycles. The van der Waals surface area contributed by atoms with Crippen molar-refractivity contribution >= 4 is 5.91 Å². The molecule has 0 spiro atoms. The standard InChI is InChI=1S/C25H27NO/c1-3-24(22-16-14-19(2)15-17-22)26-25(27)18-23(20-10-6-4-7-11-20)21-12-8-5-9-13-21/h4-17,23-24H,3,18H2,1-2H3,(H,26,27)/t24-/m0/s1. The average molecular weight is 357 g/mol. The summed E-state index contributed by atoms with van der Waals surface area (Å²) in [5.74, 6) is 0.142. The van der Waals surface area contributed by atoms with Crippen molar-refractivity contribution in [1.29, 1.82) is 0 Å². The molecule has 0 bridgehead atoms. The van der Waals surface area contributed by atoms with Crippen molar-refractivity contribution in [2.75, 3.05) is 0 Å². The Morgan fingerprint density at radius 1 is 0.778 bits per heavy atom. The van der Waals surface area contributed by atoms with Crippen LogP contribution in [0, 0.1) is 6.92 Å². The molecular formula is C25H27NO. The van der Waals surface area contributed by atoms with E-state index in [0.29, 0.717) is 6.42 Å². The van der Waals surface area contributed by atoms with Gasteiger partial charge in [-0.25, -0.2) is 0 Å². The van der Waals surface area contributed by atoms with Gasteiger partial charge in [0.2, 0.25) is 5.91 Å². The Kier molecular flexibility index (Phi) is 6.43. The Labute approximate surface area is 162 Å². The quantitative estimate of drug-likeness (QED) is 0.570. The van der Waals surface area contributed by atoms with Crippen LogP contribution in [0.3, 0.4) is 0 Å². The minimum absolute atomic E-state index is 0.0466. The lowest BCUT2D eigenvalue weighted by Gasteiger charge is -2.21. The van der Waals surface area contributed by atoms with Crippen LogP contribution < -0.4 is 5.32 Å². The second-order valence-electron chi connectivity index (χ2n) is 7.02. The zero-order chi connectivity index (χ0) is 19.1. The van der Waals surface area contributed by atoms with Crippen molar-refractivity contribution in [3.8, 4) is 0 Å². The van der Waals surface area contributed by atoms with Gasteiger partial charge in [0.15, 0.2) is 0 Å². The van der Waals surface area contributed by atoms with Crippen LogP contribution in [0.25, 0.3) is 0 Å². The van der Waals surface area contributed by atoms with Crippen LogP contribution in [0.5, 0.6) is 0 Å². The highest BCUT2D eigenvalue weighted by Gasteiger charge is 2.20. The summed E-state index contributed by atoms with van der Waals surface area (Å²) in [5, 5.41) is 3.23. The Balaban J connectivity index is 1.77. The van der Waals surface area contributed by atoms with Crippen molar-refractivity contribution < 1.29 is 4.79 Å². The molecule has 0 aliphatic rings. The van der Waals surface area contributed by atoms with E-state index < -0.39 is 0 Å². The topological polar surface area (TPSA) is 29.1 Å². The number of aryl methyl sites for hydroxylation is 1. The molecule has 0 aromatic heterocycles. The van der Waals surface area contributed by atoms with Crippen LogP contribution in [0.4, 0.5) is 0 Å². The molecule has 0 heterocycles. The molecule has 27 heavy (non-hydrogen) atoms. The van der Waals surface area contributed by atoms with E-state index in [1.165, 1.54) is 16.7 Å². The SMILES string of the molecule is CC[C@H](NC(=O)CC(c1ccccc1)c1ccccc1)c1ccc(C)cc1. The van der Waals surface area contributed by atoms with Crippen LogP contribution in [0.15, 0.2) is 84.9 Å². The molecule has 1 atom stereocenters. The van der Waals surface area contributed by atoms with E-state index in [1.54, 1.807) is 0 Å². The molecule has 2 heteroatoms. The number of nitrogens with one attached hydrogen (secondary N) is 1. The lowest BCUT2D eigenvalue weighted by molar-refractivity contribution is -0.122. The maximum absolute atomic E-state index is 12.9. The lowest BCUT2D eigenvalue weighted by Crippen LogP contribution is -2.29. The Morgan fingerprint density at radius 2 is 1.30 bits per heavy atom. The first kappa shape index (κ1) is 18.9. The number of amides is 1. The summed E-state index contributed by atoms with van der Waals surface area (Å²) in [7, 11) is 0. The van der Waals surface area contributed by atoms with Crippen LogP contribution >= 0.6 is 0 Å². The van der Waals surface area contributed by atoms with Gasteiger partial charge in [-0.15, -0.1) is 0 Å². The van der Waals surface area contributed by atoms with Gasteiger partial charge in [-0.3, -0.25) is 4.79 Å². The van der Waals surface area contributed by atoms with Gasteiger partial charge >= 0.3 is 0 Å². The fourth-order valence-corrected chi connectivity index (χ4v) is 3.46. The van der Waals surface area contributed by atoms with Crippen LogP contribution in [0.1, 0.15) is 54.0 Å². The second-order valence-corrected chi connectivity index (χ2v) is 7.02. The predicted octanol–water partition coefficient (Wildman–Crippen LogP) is 5.78. The van der Waals surface area contributed by atoms with Crippen molar-refractivity contribution in [3.05, 3.63) is 107 Å². The minimum atomic E-state index is 0.0466. The van der Waals surface area contributed by atoms with Gasteiger partial charge in [0.25, 0.3) is 0 Å². The highest BCUT2D eigenvalue weighted by molar-refractivity contribution is 5.78. The Bertz CT molecular complexity index is 801. The lowest BCUT2D eigenvalue weighted by atomic mass is 9.88. The van der Waals surface area contributed by atoms with Gasteiger partial charge in [-0.2, -0.15) is 0 Å². The Hall–Kier alpha value is -2.87. The summed E-state index contributed by atoms with van der Waals surface area (Å²) >= 11 is 0. The summed E-state index contributed by atoms with van der Waals surface area (Å²) in [5.41, 5.74) is 4.73. The van der Waals surface area contributed by atoms with E-state index in [1.807, 2.05) is 36.4 Å². The molecular weight excluding hydrogens is 330 g/mol. The van der Waals surface area contributed by atoms with Crippen molar-refractivity contribution in [1.82, 2.24) is 5.32 Å². The number of hydrogen-bond acceptors (Lipinski definition) is 1. The summed E-state index contributed by atoms with van der Waals surface area (Å²) in [6.07, 6.45) is 1.31. The fraction of sp³-hybridized carbons (Fsp3) is 0.240. The highest BCUT2D eigenvalue weighted by Crippen LogP contribution is 2.28. The third-order valence-corrected chi connectivity index (χ3v) is 5.02. The van der Waals surface area contributed by atoms with Gasteiger partial charge < -0.3 is 5.32 Å². The molecule has 3 rings (SSSR count). The largest absolute Gasteiger partial charge is 0.349 e. The highest BCUT2D eigenvalue weighted by atomic mass is 16.1. The van der Waals surface area contributed by atoms with Gasteiger partial charge in [0.05, 0.1) is 6.04 Å². The van der Waals surface area contributed by atoms with Crippen LogP contribution in [-0.4, -0.2) is 5.91 Å². The van der Waals surface area contributed by atoms with E-state index in [9.17, 15) is 4.79 Å². The average Bonchev–Trinajstić information content (AvgIpc) is 2.72. The number of hydrogen-bond donors (Lipinski definition) is 1. The van der Waals surface area contributed by atoms with Gasteiger partial charge in [0, 0.05) is 12.3 Å². The third-order valence-electron chi connectivity index (χ3n) is 5.02. The number of carbonyl (C=O) groups is 1. The molecule has 138 valence electrons. The molecule has 0 fully saturated rings. The van der Waals surface area contributed by atoms with E-state index >= 15 is 0 Å². The van der Waals surface area contributed by atoms with Crippen molar-refractivity contribution in [2.24, 2.45) is 0 Å². The van der Waals surface area contributed by atoms with E-state index in [2.05, 4.69) is 67.7 Å². The molecule has 0 unspecified atom stereocenters. The second kappa shape index (κ2) is 9.18. The summed E-state index contributed by atoms with van der Waals surface area (Å²) in [6.45, 7) is 4.18. The van der Waals surface area contributed by atoms with Crippen LogP contribution in [-0.2, 0) is 4.79 Å². The van der Waals surface area contributed by atoms with Gasteiger partial charge in [0.1, 0.15) is 0 Å². The fourth-order valence-electron chi connectivity index (χ4n) is 3.46. The first-order valence-electron chi connectivity index (χ1n) is 9.63. The zero-order valence-electron chi connectivity index (χ0n) is 16.1. The summed E-state index contributed by atoms with van der Waals surface area (Å²) in [4.78, 5) is 12.9. The van der Waals surface area contributed by atoms with Crippen molar-refractivity contribution in [3.63, 3.8) is 0 Å². The van der Waals surface area contributed by atoms with E-state index in [0.717, 1.165) is 12.0 Å².